The first kappa shape index (κ1) is 13.7. The van der Waals surface area contributed by atoms with Gasteiger partial charge in [-0.3, -0.25) is 9.59 Å². The lowest BCUT2D eigenvalue weighted by molar-refractivity contribution is 0.101. The summed E-state index contributed by atoms with van der Waals surface area (Å²) in [6, 6.07) is 15.9. The van der Waals surface area contributed by atoms with Gasteiger partial charge in [0.15, 0.2) is 5.78 Å². The number of allylic oxidation sites excluding steroid dienone is 2. The minimum atomic E-state index is -0.340. The Bertz CT molecular complexity index is 672. The van der Waals surface area contributed by atoms with Gasteiger partial charge >= 0.3 is 0 Å². The molecule has 0 aliphatic rings. The molecule has 2 aromatic rings. The van der Waals surface area contributed by atoms with Crippen LogP contribution >= 0.6 is 0 Å². The highest BCUT2D eigenvalue weighted by molar-refractivity contribution is 6.14. The van der Waals surface area contributed by atoms with E-state index in [1.807, 2.05) is 25.1 Å². The zero-order valence-electron chi connectivity index (χ0n) is 11.2. The van der Waals surface area contributed by atoms with Crippen LogP contribution < -0.4 is 5.73 Å². The third-order valence-electron chi connectivity index (χ3n) is 3.00. The van der Waals surface area contributed by atoms with Crippen LogP contribution in [0.25, 0.3) is 0 Å². The molecule has 2 aromatic carbocycles. The lowest BCUT2D eigenvalue weighted by Crippen LogP contribution is -2.14. The number of Topliss-reactive ketones (excluding diaryl/α,β-unsaturated/α-hetero) is 1. The van der Waals surface area contributed by atoms with E-state index in [4.69, 9.17) is 5.73 Å². The number of hydrogen-bond acceptors (Lipinski definition) is 3. The standard InChI is InChI=1S/C17H15NO2/c1-12-7-5-6-10-14(12)16(19)11-15(18)17(20)13-8-3-2-4-9-13/h2-11H,18H2,1H3. The van der Waals surface area contributed by atoms with Gasteiger partial charge in [0.2, 0.25) is 5.78 Å². The van der Waals surface area contributed by atoms with Crippen molar-refractivity contribution < 1.29 is 9.59 Å². The molecule has 0 saturated carbocycles. The van der Waals surface area contributed by atoms with Crippen LogP contribution in [0.1, 0.15) is 26.3 Å². The van der Waals surface area contributed by atoms with E-state index >= 15 is 0 Å². The fourth-order valence-electron chi connectivity index (χ4n) is 1.89. The first-order valence-electron chi connectivity index (χ1n) is 6.26. The van der Waals surface area contributed by atoms with Crippen molar-refractivity contribution in [2.45, 2.75) is 6.92 Å². The van der Waals surface area contributed by atoms with Gasteiger partial charge in [-0.15, -0.1) is 0 Å². The molecule has 3 nitrogen and oxygen atoms in total. The second kappa shape index (κ2) is 5.97. The van der Waals surface area contributed by atoms with E-state index in [9.17, 15) is 9.59 Å². The van der Waals surface area contributed by atoms with Crippen molar-refractivity contribution in [3.63, 3.8) is 0 Å². The smallest absolute Gasteiger partial charge is 0.208 e. The average molecular weight is 265 g/mol. The van der Waals surface area contributed by atoms with Crippen LogP contribution in [0.4, 0.5) is 0 Å². The number of hydrogen-bond donors (Lipinski definition) is 1. The SMILES string of the molecule is Cc1ccccc1C(=O)C=C(N)C(=O)c1ccccc1. The van der Waals surface area contributed by atoms with Gasteiger partial charge < -0.3 is 5.73 Å². The summed E-state index contributed by atoms with van der Waals surface area (Å²) in [7, 11) is 0. The number of aryl methyl sites for hydroxylation is 1. The Balaban J connectivity index is 2.25. The topological polar surface area (TPSA) is 60.2 Å². The summed E-state index contributed by atoms with van der Waals surface area (Å²) in [5.41, 5.74) is 7.56. The highest BCUT2D eigenvalue weighted by Gasteiger charge is 2.12. The molecule has 0 saturated heterocycles. The van der Waals surface area contributed by atoms with E-state index in [-0.39, 0.29) is 17.3 Å². The number of carbonyl (C=O) groups is 2. The van der Waals surface area contributed by atoms with Gasteiger partial charge in [-0.05, 0) is 12.5 Å². The Labute approximate surface area is 117 Å². The summed E-state index contributed by atoms with van der Waals surface area (Å²) in [6.45, 7) is 1.84. The van der Waals surface area contributed by atoms with Gasteiger partial charge in [0.1, 0.15) is 0 Å². The van der Waals surface area contributed by atoms with Crippen molar-refractivity contribution in [3.8, 4) is 0 Å². The summed E-state index contributed by atoms with van der Waals surface area (Å²) in [4.78, 5) is 24.2. The predicted molar refractivity (Wildman–Crippen MR) is 78.6 cm³/mol. The molecule has 0 aliphatic heterocycles. The van der Waals surface area contributed by atoms with Crippen molar-refractivity contribution in [1.29, 1.82) is 0 Å². The number of benzene rings is 2. The number of carbonyl (C=O) groups excluding carboxylic acids is 2. The Hall–Kier alpha value is -2.68. The zero-order chi connectivity index (χ0) is 14.5. The van der Waals surface area contributed by atoms with E-state index in [0.717, 1.165) is 5.56 Å². The molecule has 0 heterocycles. The van der Waals surface area contributed by atoms with Gasteiger partial charge in [0.05, 0.1) is 5.70 Å². The Morgan fingerprint density at radius 1 is 0.950 bits per heavy atom. The second-order valence-electron chi connectivity index (χ2n) is 4.47. The van der Waals surface area contributed by atoms with Gasteiger partial charge in [0.25, 0.3) is 0 Å². The number of ketones is 2. The van der Waals surface area contributed by atoms with Crippen LogP contribution in [0.2, 0.25) is 0 Å². The van der Waals surface area contributed by atoms with E-state index in [1.165, 1.54) is 6.08 Å². The summed E-state index contributed by atoms with van der Waals surface area (Å²) in [6.07, 6.45) is 1.19. The largest absolute Gasteiger partial charge is 0.395 e. The Morgan fingerprint density at radius 3 is 2.20 bits per heavy atom. The second-order valence-corrected chi connectivity index (χ2v) is 4.47. The predicted octanol–water partition coefficient (Wildman–Crippen LogP) is 2.90. The molecule has 20 heavy (non-hydrogen) atoms. The van der Waals surface area contributed by atoms with Crippen molar-refractivity contribution >= 4 is 11.6 Å². The molecule has 100 valence electrons. The van der Waals surface area contributed by atoms with Gasteiger partial charge in [-0.25, -0.2) is 0 Å². The molecule has 0 spiro atoms. The summed E-state index contributed by atoms with van der Waals surface area (Å²) in [5.74, 6) is -0.600. The van der Waals surface area contributed by atoms with Crippen molar-refractivity contribution in [2.75, 3.05) is 0 Å². The molecule has 2 rings (SSSR count). The van der Waals surface area contributed by atoms with Gasteiger partial charge in [0, 0.05) is 17.2 Å². The van der Waals surface area contributed by atoms with Crippen LogP contribution in [0.15, 0.2) is 66.4 Å². The first-order chi connectivity index (χ1) is 9.59. The molecule has 0 amide bonds. The Morgan fingerprint density at radius 2 is 1.55 bits per heavy atom. The maximum Gasteiger partial charge on any atom is 0.208 e. The lowest BCUT2D eigenvalue weighted by Gasteiger charge is -2.03. The van der Waals surface area contributed by atoms with E-state index in [2.05, 4.69) is 0 Å². The third kappa shape index (κ3) is 3.01. The van der Waals surface area contributed by atoms with Crippen LogP contribution in [0, 0.1) is 6.92 Å². The van der Waals surface area contributed by atoms with Gasteiger partial charge in [-0.2, -0.15) is 0 Å². The van der Waals surface area contributed by atoms with Crippen molar-refractivity contribution in [1.82, 2.24) is 0 Å². The van der Waals surface area contributed by atoms with Crippen LogP contribution in [-0.2, 0) is 0 Å². The molecule has 0 radical (unpaired) electrons. The van der Waals surface area contributed by atoms with E-state index in [1.54, 1.807) is 36.4 Å². The zero-order valence-corrected chi connectivity index (χ0v) is 11.2. The van der Waals surface area contributed by atoms with Crippen LogP contribution in [-0.4, -0.2) is 11.6 Å². The number of rotatable bonds is 4. The lowest BCUT2D eigenvalue weighted by atomic mass is 10.0. The van der Waals surface area contributed by atoms with E-state index < -0.39 is 0 Å². The monoisotopic (exact) mass is 265 g/mol. The molecule has 0 bridgehead atoms. The minimum absolute atomic E-state index is 0.0514. The van der Waals surface area contributed by atoms with Crippen LogP contribution in [0.3, 0.4) is 0 Å². The van der Waals surface area contributed by atoms with Crippen molar-refractivity contribution in [2.24, 2.45) is 5.73 Å². The fourth-order valence-corrected chi connectivity index (χ4v) is 1.89. The van der Waals surface area contributed by atoms with Crippen molar-refractivity contribution in [3.05, 3.63) is 83.1 Å². The molecule has 0 atom stereocenters. The van der Waals surface area contributed by atoms with Crippen LogP contribution in [0.5, 0.6) is 0 Å². The number of nitrogens with two attached hydrogens (primary N) is 1. The minimum Gasteiger partial charge on any atom is -0.395 e. The van der Waals surface area contributed by atoms with E-state index in [0.29, 0.717) is 11.1 Å². The summed E-state index contributed by atoms with van der Waals surface area (Å²) < 4.78 is 0. The molecule has 3 heteroatoms. The molecule has 0 fully saturated rings. The highest BCUT2D eigenvalue weighted by Crippen LogP contribution is 2.10. The van der Waals surface area contributed by atoms with Gasteiger partial charge in [-0.1, -0.05) is 54.6 Å². The molecule has 2 N–H and O–H groups in total. The molecular weight excluding hydrogens is 250 g/mol. The molecule has 0 aliphatic carbocycles. The maximum absolute atomic E-state index is 12.1. The summed E-state index contributed by atoms with van der Waals surface area (Å²) >= 11 is 0. The normalized spacial score (nSPS) is 11.2. The average Bonchev–Trinajstić information content (AvgIpc) is 2.47. The molecular formula is C17H15NO2. The fraction of sp³-hybridized carbons (Fsp3) is 0.0588. The highest BCUT2D eigenvalue weighted by atomic mass is 16.1. The molecule has 0 aromatic heterocycles. The first-order valence-corrected chi connectivity index (χ1v) is 6.26. The molecule has 0 unspecified atom stereocenters. The maximum atomic E-state index is 12.1. The summed E-state index contributed by atoms with van der Waals surface area (Å²) in [5, 5.41) is 0. The quantitative estimate of drug-likeness (QED) is 0.683. The third-order valence-corrected chi connectivity index (χ3v) is 3.00. The Kier molecular flexibility index (Phi) is 4.11.